The zero-order chi connectivity index (χ0) is 29.1. The second-order valence-electron chi connectivity index (χ2n) is 10.5. The van der Waals surface area contributed by atoms with E-state index in [2.05, 4.69) is 25.4 Å². The first-order valence-corrected chi connectivity index (χ1v) is 14.0. The molecule has 1 aliphatic heterocycles. The second-order valence-corrected chi connectivity index (χ2v) is 10.5. The van der Waals surface area contributed by atoms with Crippen molar-refractivity contribution in [2.24, 2.45) is 0 Å². The first kappa shape index (κ1) is 27.6. The molecule has 6 rings (SSSR count). The summed E-state index contributed by atoms with van der Waals surface area (Å²) in [5.74, 6) is 1.03. The van der Waals surface area contributed by atoms with Crippen molar-refractivity contribution in [3.8, 4) is 11.3 Å². The van der Waals surface area contributed by atoms with Crippen LogP contribution in [-0.4, -0.2) is 57.1 Å². The van der Waals surface area contributed by atoms with Gasteiger partial charge in [-0.25, -0.2) is 24.1 Å². The van der Waals surface area contributed by atoms with Crippen molar-refractivity contribution in [3.63, 3.8) is 0 Å². The van der Waals surface area contributed by atoms with Gasteiger partial charge in [0.15, 0.2) is 22.7 Å². The molecule has 1 amide bonds. The Morgan fingerprint density at radius 2 is 2.07 bits per heavy atom. The van der Waals surface area contributed by atoms with Gasteiger partial charge >= 0.3 is 6.09 Å². The molecule has 1 N–H and O–H groups in total. The molecular weight excluding hydrogens is 541 g/mol. The summed E-state index contributed by atoms with van der Waals surface area (Å²) in [6.45, 7) is 2.50. The summed E-state index contributed by atoms with van der Waals surface area (Å²) in [7, 11) is 1.95. The van der Waals surface area contributed by atoms with Gasteiger partial charge in [-0.2, -0.15) is 0 Å². The van der Waals surface area contributed by atoms with Gasteiger partial charge in [0.1, 0.15) is 36.4 Å². The van der Waals surface area contributed by atoms with Gasteiger partial charge in [0.25, 0.3) is 0 Å². The SMILES string of the molecule is Cc1onc(-c2ccccc2)c1NC(=O)OC[C@@H]1CCC(n2cnc3c(N(C)CCC4=CC(F)=CCC4)ncnc32)O1. The molecule has 1 unspecified atom stereocenters. The van der Waals surface area contributed by atoms with E-state index in [-0.39, 0.29) is 24.8 Å². The molecule has 1 aromatic carbocycles. The summed E-state index contributed by atoms with van der Waals surface area (Å²) in [6.07, 6.45) is 9.05. The van der Waals surface area contributed by atoms with E-state index < -0.39 is 6.09 Å². The minimum atomic E-state index is -0.609. The average Bonchev–Trinajstić information content (AvgIpc) is 3.74. The largest absolute Gasteiger partial charge is 0.447 e. The molecule has 4 aromatic rings. The van der Waals surface area contributed by atoms with E-state index >= 15 is 0 Å². The van der Waals surface area contributed by atoms with Gasteiger partial charge in [0.05, 0.1) is 12.4 Å². The number of imidazole rings is 1. The van der Waals surface area contributed by atoms with E-state index in [1.54, 1.807) is 25.4 Å². The topological polar surface area (TPSA) is 120 Å². The fraction of sp³-hybridized carbons (Fsp3) is 0.367. The summed E-state index contributed by atoms with van der Waals surface area (Å²) in [6, 6.07) is 9.47. The van der Waals surface area contributed by atoms with Crippen LogP contribution in [0.1, 0.15) is 44.1 Å². The third-order valence-corrected chi connectivity index (χ3v) is 7.55. The maximum absolute atomic E-state index is 13.6. The van der Waals surface area contributed by atoms with Crippen LogP contribution in [0.3, 0.4) is 0 Å². The van der Waals surface area contributed by atoms with Gasteiger partial charge in [-0.15, -0.1) is 0 Å². The Labute approximate surface area is 242 Å². The number of aromatic nitrogens is 5. The van der Waals surface area contributed by atoms with Crippen LogP contribution in [0.4, 0.5) is 20.7 Å². The molecule has 12 heteroatoms. The number of rotatable bonds is 9. The minimum absolute atomic E-state index is 0.0918. The molecule has 0 saturated carbocycles. The monoisotopic (exact) mass is 573 g/mol. The number of nitrogens with one attached hydrogen (secondary N) is 1. The lowest BCUT2D eigenvalue weighted by atomic mass is 10.0. The van der Waals surface area contributed by atoms with Gasteiger partial charge in [0, 0.05) is 19.2 Å². The Morgan fingerprint density at radius 3 is 2.90 bits per heavy atom. The molecule has 3 aromatic heterocycles. The van der Waals surface area contributed by atoms with Crippen LogP contribution in [-0.2, 0) is 9.47 Å². The number of carbonyl (C=O) groups is 1. The third-order valence-electron chi connectivity index (χ3n) is 7.55. The number of aryl methyl sites for hydroxylation is 1. The van der Waals surface area contributed by atoms with Crippen LogP contribution >= 0.6 is 0 Å². The maximum atomic E-state index is 13.6. The van der Waals surface area contributed by atoms with Crippen LogP contribution in [0.15, 0.2) is 71.1 Å². The number of amides is 1. The van der Waals surface area contributed by atoms with E-state index in [1.807, 2.05) is 46.8 Å². The number of halogens is 1. The normalized spacial score (nSPS) is 18.5. The lowest BCUT2D eigenvalue weighted by Crippen LogP contribution is -2.22. The molecule has 218 valence electrons. The number of ether oxygens (including phenoxy) is 2. The molecule has 0 radical (unpaired) electrons. The molecule has 11 nitrogen and oxygen atoms in total. The van der Waals surface area contributed by atoms with Crippen molar-refractivity contribution >= 4 is 28.8 Å². The van der Waals surface area contributed by atoms with Crippen molar-refractivity contribution in [2.45, 2.75) is 51.4 Å². The Morgan fingerprint density at radius 1 is 1.21 bits per heavy atom. The number of anilines is 2. The van der Waals surface area contributed by atoms with Crippen LogP contribution < -0.4 is 10.2 Å². The summed E-state index contributed by atoms with van der Waals surface area (Å²) in [4.78, 5) is 28.2. The number of allylic oxidation sites excluding steroid dienone is 3. The van der Waals surface area contributed by atoms with Crippen molar-refractivity contribution in [1.82, 2.24) is 24.7 Å². The Bertz CT molecular complexity index is 1630. The molecule has 2 aliphatic rings. The van der Waals surface area contributed by atoms with Crippen LogP contribution in [0.5, 0.6) is 0 Å². The highest BCUT2D eigenvalue weighted by Gasteiger charge is 2.30. The van der Waals surface area contributed by atoms with Crippen LogP contribution in [0.2, 0.25) is 0 Å². The fourth-order valence-corrected chi connectivity index (χ4v) is 5.30. The first-order valence-electron chi connectivity index (χ1n) is 14.0. The van der Waals surface area contributed by atoms with Crippen molar-refractivity contribution in [2.75, 3.05) is 30.4 Å². The standard InChI is InChI=1S/C30H32FN7O4/c1-19-25(26(36-42-19)21-8-4-3-5-9-21)35-30(39)40-16-23-11-12-24(41-23)38-18-34-27-28(32-17-33-29(27)38)37(2)14-13-20-7-6-10-22(31)15-20/h3-5,8-10,15,17-18,23-24H,6-7,11-14,16H2,1-2H3,(H,35,39)/t23-,24?/m0/s1. The van der Waals surface area contributed by atoms with Gasteiger partial charge in [-0.05, 0) is 51.2 Å². The summed E-state index contributed by atoms with van der Waals surface area (Å²) < 4.78 is 32.5. The minimum Gasteiger partial charge on any atom is -0.447 e. The number of benzene rings is 1. The lowest BCUT2D eigenvalue weighted by molar-refractivity contribution is -0.0230. The van der Waals surface area contributed by atoms with Gasteiger partial charge in [-0.1, -0.05) is 41.1 Å². The summed E-state index contributed by atoms with van der Waals surface area (Å²) in [5, 5.41) is 6.84. The highest BCUT2D eigenvalue weighted by Crippen LogP contribution is 2.33. The quantitative estimate of drug-likeness (QED) is 0.253. The Hall–Kier alpha value is -4.58. The predicted octanol–water partition coefficient (Wildman–Crippen LogP) is 6.12. The lowest BCUT2D eigenvalue weighted by Gasteiger charge is -2.20. The number of nitrogens with zero attached hydrogens (tertiary/aromatic N) is 6. The van der Waals surface area contributed by atoms with E-state index in [4.69, 9.17) is 14.0 Å². The average molecular weight is 574 g/mol. The smallest absolute Gasteiger partial charge is 0.411 e. The van der Waals surface area contributed by atoms with Crippen molar-refractivity contribution in [1.29, 1.82) is 0 Å². The fourth-order valence-electron chi connectivity index (χ4n) is 5.30. The number of hydrogen-bond acceptors (Lipinski definition) is 9. The van der Waals surface area contributed by atoms with Crippen molar-refractivity contribution in [3.05, 3.63) is 72.3 Å². The van der Waals surface area contributed by atoms with Crippen LogP contribution in [0.25, 0.3) is 22.4 Å². The number of fused-ring (bicyclic) bond motifs is 1. The zero-order valence-corrected chi connectivity index (χ0v) is 23.5. The first-order chi connectivity index (χ1) is 20.5. The zero-order valence-electron chi connectivity index (χ0n) is 23.5. The van der Waals surface area contributed by atoms with Crippen LogP contribution in [0, 0.1) is 6.92 Å². The Kier molecular flexibility index (Phi) is 7.95. The molecule has 4 heterocycles. The highest BCUT2D eigenvalue weighted by atomic mass is 19.1. The molecule has 1 fully saturated rings. The second kappa shape index (κ2) is 12.1. The number of hydrogen-bond donors (Lipinski definition) is 1. The molecule has 42 heavy (non-hydrogen) atoms. The number of carbonyl (C=O) groups excluding carboxylic acids is 1. The van der Waals surface area contributed by atoms with E-state index in [0.29, 0.717) is 53.5 Å². The van der Waals surface area contributed by atoms with Gasteiger partial charge in [-0.3, -0.25) is 9.88 Å². The Balaban J connectivity index is 1.05. The molecule has 1 saturated heterocycles. The summed E-state index contributed by atoms with van der Waals surface area (Å²) in [5.41, 5.74) is 4.27. The third kappa shape index (κ3) is 5.89. The molecular formula is C30H32FN7O4. The van der Waals surface area contributed by atoms with Gasteiger partial charge < -0.3 is 18.9 Å². The summed E-state index contributed by atoms with van der Waals surface area (Å²) >= 11 is 0. The van der Waals surface area contributed by atoms with E-state index in [0.717, 1.165) is 30.4 Å². The molecule has 1 aliphatic carbocycles. The van der Waals surface area contributed by atoms with Gasteiger partial charge in [0.2, 0.25) is 0 Å². The predicted molar refractivity (Wildman–Crippen MR) is 155 cm³/mol. The highest BCUT2D eigenvalue weighted by molar-refractivity contribution is 5.91. The molecule has 2 atom stereocenters. The van der Waals surface area contributed by atoms with Crippen molar-refractivity contribution < 1.29 is 23.2 Å². The molecule has 0 bridgehead atoms. The van der Waals surface area contributed by atoms with E-state index in [9.17, 15) is 9.18 Å². The maximum Gasteiger partial charge on any atom is 0.411 e. The van der Waals surface area contributed by atoms with E-state index in [1.165, 1.54) is 6.33 Å². The molecule has 0 spiro atoms.